The maximum atomic E-state index is 10.7. The molecule has 4 nitrogen and oxygen atoms in total. The standard InChI is InChI=1S/C13H21NO3Si/c1-13(2,18(3,4)17)8-7-10-5-6-11(12(15)16)14-9-10/h5-6,9,17H,7-8H2,1-4H3,(H,15,16). The molecule has 0 fully saturated rings. The van der Waals surface area contributed by atoms with Gasteiger partial charge in [0.15, 0.2) is 8.32 Å². The summed E-state index contributed by atoms with van der Waals surface area (Å²) in [5, 5.41) is 8.68. The van der Waals surface area contributed by atoms with Gasteiger partial charge in [-0.1, -0.05) is 19.9 Å². The second kappa shape index (κ2) is 5.20. The summed E-state index contributed by atoms with van der Waals surface area (Å²) in [6.07, 6.45) is 3.28. The smallest absolute Gasteiger partial charge is 0.354 e. The Morgan fingerprint density at radius 3 is 2.39 bits per heavy atom. The van der Waals surface area contributed by atoms with Gasteiger partial charge in [0.05, 0.1) is 0 Å². The first-order valence-electron chi connectivity index (χ1n) is 6.04. The molecule has 0 spiro atoms. The maximum Gasteiger partial charge on any atom is 0.354 e. The molecule has 0 radical (unpaired) electrons. The van der Waals surface area contributed by atoms with Gasteiger partial charge in [0.1, 0.15) is 5.69 Å². The largest absolute Gasteiger partial charge is 0.477 e. The van der Waals surface area contributed by atoms with Gasteiger partial charge in [0.25, 0.3) is 0 Å². The third kappa shape index (κ3) is 3.65. The summed E-state index contributed by atoms with van der Waals surface area (Å²) in [4.78, 5) is 24.7. The van der Waals surface area contributed by atoms with Crippen molar-refractivity contribution in [3.63, 3.8) is 0 Å². The predicted octanol–water partition coefficient (Wildman–Crippen LogP) is 2.69. The third-order valence-electron chi connectivity index (χ3n) is 3.74. The fraction of sp³-hybridized carbons (Fsp3) is 0.538. The van der Waals surface area contributed by atoms with E-state index in [9.17, 15) is 9.59 Å². The van der Waals surface area contributed by atoms with Gasteiger partial charge in [-0.05, 0) is 42.6 Å². The Balaban J connectivity index is 2.67. The quantitative estimate of drug-likeness (QED) is 0.805. The lowest BCUT2D eigenvalue weighted by atomic mass is 10.0. The SMILES string of the molecule is CC(C)(CCc1ccc(C(=O)O)nc1)[Si](C)(C)O. The minimum Gasteiger partial charge on any atom is -0.477 e. The van der Waals surface area contributed by atoms with Crippen molar-refractivity contribution >= 4 is 14.3 Å². The van der Waals surface area contributed by atoms with E-state index in [0.29, 0.717) is 0 Å². The summed E-state index contributed by atoms with van der Waals surface area (Å²) < 4.78 is 0. The average molecular weight is 267 g/mol. The molecule has 0 saturated heterocycles. The van der Waals surface area contributed by atoms with Crippen molar-refractivity contribution in [2.24, 2.45) is 0 Å². The van der Waals surface area contributed by atoms with Crippen LogP contribution >= 0.6 is 0 Å². The molecule has 0 amide bonds. The number of carbonyl (C=O) groups is 1. The second-order valence-electron chi connectivity index (χ2n) is 5.80. The van der Waals surface area contributed by atoms with Crippen molar-refractivity contribution in [2.75, 3.05) is 0 Å². The molecule has 0 unspecified atom stereocenters. The highest BCUT2D eigenvalue weighted by Gasteiger charge is 2.37. The molecule has 0 saturated carbocycles. The van der Waals surface area contributed by atoms with Crippen LogP contribution in [0, 0.1) is 0 Å². The number of carboxylic acid groups (broad SMARTS) is 1. The van der Waals surface area contributed by atoms with E-state index in [0.717, 1.165) is 18.4 Å². The lowest BCUT2D eigenvalue weighted by Gasteiger charge is -2.35. The Kier molecular flexibility index (Phi) is 4.29. The minimum atomic E-state index is -2.18. The monoisotopic (exact) mass is 267 g/mol. The summed E-state index contributed by atoms with van der Waals surface area (Å²) in [5.41, 5.74) is 1.07. The van der Waals surface area contributed by atoms with E-state index in [2.05, 4.69) is 18.8 Å². The Hall–Kier alpha value is -1.20. The summed E-state index contributed by atoms with van der Waals surface area (Å²) >= 11 is 0. The molecule has 1 rings (SSSR count). The van der Waals surface area contributed by atoms with Gasteiger partial charge in [-0.3, -0.25) is 0 Å². The van der Waals surface area contributed by atoms with Crippen LogP contribution in [0.5, 0.6) is 0 Å². The topological polar surface area (TPSA) is 70.4 Å². The van der Waals surface area contributed by atoms with Gasteiger partial charge >= 0.3 is 5.97 Å². The molecule has 0 aliphatic heterocycles. The molecule has 18 heavy (non-hydrogen) atoms. The predicted molar refractivity (Wildman–Crippen MR) is 73.3 cm³/mol. The van der Waals surface area contributed by atoms with Crippen LogP contribution in [0.3, 0.4) is 0 Å². The van der Waals surface area contributed by atoms with E-state index in [1.807, 2.05) is 13.1 Å². The van der Waals surface area contributed by atoms with Crippen LogP contribution in [0.1, 0.15) is 36.3 Å². The van der Waals surface area contributed by atoms with Crippen LogP contribution in [0.25, 0.3) is 0 Å². The molecule has 1 aromatic rings. The van der Waals surface area contributed by atoms with Crippen molar-refractivity contribution < 1.29 is 14.7 Å². The summed E-state index contributed by atoms with van der Waals surface area (Å²) in [6.45, 7) is 8.05. The molecule has 0 aromatic carbocycles. The Morgan fingerprint density at radius 2 is 2.00 bits per heavy atom. The number of hydrogen-bond acceptors (Lipinski definition) is 3. The molecule has 2 N–H and O–H groups in total. The van der Waals surface area contributed by atoms with Crippen LogP contribution in [0.2, 0.25) is 18.1 Å². The van der Waals surface area contributed by atoms with E-state index in [-0.39, 0.29) is 10.7 Å². The van der Waals surface area contributed by atoms with E-state index < -0.39 is 14.3 Å². The van der Waals surface area contributed by atoms with Gasteiger partial charge in [0.2, 0.25) is 0 Å². The van der Waals surface area contributed by atoms with Gasteiger partial charge in [-0.2, -0.15) is 0 Å². The second-order valence-corrected chi connectivity index (χ2v) is 10.3. The normalized spacial score (nSPS) is 12.5. The molecule has 1 aromatic heterocycles. The van der Waals surface area contributed by atoms with Crippen molar-refractivity contribution in [3.05, 3.63) is 29.6 Å². The van der Waals surface area contributed by atoms with Gasteiger partial charge in [-0.15, -0.1) is 0 Å². The average Bonchev–Trinajstić information content (AvgIpc) is 2.25. The highest BCUT2D eigenvalue weighted by Crippen LogP contribution is 2.39. The molecule has 100 valence electrons. The molecule has 0 aliphatic carbocycles. The number of aryl methyl sites for hydroxylation is 1. The van der Waals surface area contributed by atoms with E-state index in [1.54, 1.807) is 12.3 Å². The van der Waals surface area contributed by atoms with Gasteiger partial charge in [-0.25, -0.2) is 9.78 Å². The Morgan fingerprint density at radius 1 is 1.39 bits per heavy atom. The van der Waals surface area contributed by atoms with E-state index in [1.165, 1.54) is 6.07 Å². The molecule has 5 heteroatoms. The summed E-state index contributed by atoms with van der Waals surface area (Å²) in [5.74, 6) is -1.01. The zero-order valence-electron chi connectivity index (χ0n) is 11.4. The number of pyridine rings is 1. The number of aromatic nitrogens is 1. The number of carboxylic acids is 1. The Labute approximate surface area is 109 Å². The first-order chi connectivity index (χ1) is 8.13. The van der Waals surface area contributed by atoms with Crippen molar-refractivity contribution in [1.29, 1.82) is 0 Å². The Bertz CT molecular complexity index is 421. The molecule has 0 aliphatic rings. The zero-order chi connectivity index (χ0) is 14.0. The fourth-order valence-electron chi connectivity index (χ4n) is 1.46. The van der Waals surface area contributed by atoms with E-state index in [4.69, 9.17) is 5.11 Å². The fourth-order valence-corrected chi connectivity index (χ4v) is 2.20. The molecule has 0 bridgehead atoms. The van der Waals surface area contributed by atoms with Crippen LogP contribution in [-0.2, 0) is 6.42 Å². The highest BCUT2D eigenvalue weighted by molar-refractivity contribution is 6.72. The maximum absolute atomic E-state index is 10.7. The first kappa shape index (κ1) is 14.9. The minimum absolute atomic E-state index is 0.0647. The third-order valence-corrected chi connectivity index (χ3v) is 7.30. The van der Waals surface area contributed by atoms with Gasteiger partial charge in [0, 0.05) is 6.20 Å². The molecule has 1 heterocycles. The van der Waals surface area contributed by atoms with Crippen molar-refractivity contribution in [3.8, 4) is 0 Å². The zero-order valence-corrected chi connectivity index (χ0v) is 12.4. The van der Waals surface area contributed by atoms with Gasteiger partial charge < -0.3 is 9.90 Å². The lowest BCUT2D eigenvalue weighted by Crippen LogP contribution is -2.39. The first-order valence-corrected chi connectivity index (χ1v) is 8.99. The molecular formula is C13H21NO3Si. The van der Waals surface area contributed by atoms with E-state index >= 15 is 0 Å². The van der Waals surface area contributed by atoms with Crippen LogP contribution < -0.4 is 0 Å². The molecule has 0 atom stereocenters. The van der Waals surface area contributed by atoms with Crippen LogP contribution in [0.15, 0.2) is 18.3 Å². The number of rotatable bonds is 5. The van der Waals surface area contributed by atoms with Crippen molar-refractivity contribution in [2.45, 2.75) is 44.8 Å². The lowest BCUT2D eigenvalue weighted by molar-refractivity contribution is 0.0690. The van der Waals surface area contributed by atoms with Crippen molar-refractivity contribution in [1.82, 2.24) is 4.98 Å². The highest BCUT2D eigenvalue weighted by atomic mass is 28.4. The molecular weight excluding hydrogens is 246 g/mol. The number of hydrogen-bond donors (Lipinski definition) is 2. The van der Waals surface area contributed by atoms with Crippen LogP contribution in [-0.4, -0.2) is 29.2 Å². The summed E-state index contributed by atoms with van der Waals surface area (Å²) in [7, 11) is -2.18. The summed E-state index contributed by atoms with van der Waals surface area (Å²) in [6, 6.07) is 3.31. The number of nitrogens with zero attached hydrogens (tertiary/aromatic N) is 1. The number of aromatic carboxylic acids is 1. The van der Waals surface area contributed by atoms with Crippen LogP contribution in [0.4, 0.5) is 0 Å².